The van der Waals surface area contributed by atoms with Crippen molar-refractivity contribution in [3.8, 4) is 5.75 Å². The van der Waals surface area contributed by atoms with E-state index in [1.54, 1.807) is 48.5 Å². The summed E-state index contributed by atoms with van der Waals surface area (Å²) in [6.45, 7) is 6.60. The van der Waals surface area contributed by atoms with E-state index in [1.165, 1.54) is 5.56 Å². The van der Waals surface area contributed by atoms with Crippen molar-refractivity contribution in [2.75, 3.05) is 17.9 Å². The Morgan fingerprint density at radius 2 is 1.52 bits per heavy atom. The number of rotatable bonds is 8. The molecule has 7 heteroatoms. The molecular formula is C24H26N2O4S. The maximum Gasteiger partial charge on any atom is 0.261 e. The second-order valence-corrected chi connectivity index (χ2v) is 9.05. The van der Waals surface area contributed by atoms with Gasteiger partial charge in [-0.25, -0.2) is 8.42 Å². The fraction of sp³-hybridized carbons (Fsp3) is 0.208. The van der Waals surface area contributed by atoms with Crippen molar-refractivity contribution in [3.63, 3.8) is 0 Å². The topological polar surface area (TPSA) is 84.5 Å². The number of hydrogen-bond acceptors (Lipinski definition) is 4. The number of hydrogen-bond donors (Lipinski definition) is 2. The molecule has 3 aromatic rings. The lowest BCUT2D eigenvalue weighted by Crippen LogP contribution is -2.28. The molecule has 0 fully saturated rings. The lowest BCUT2D eigenvalue weighted by atomic mass is 10.1. The fourth-order valence-corrected chi connectivity index (χ4v) is 4.07. The molecule has 0 saturated carbocycles. The van der Waals surface area contributed by atoms with Gasteiger partial charge in [0, 0.05) is 11.3 Å². The predicted octanol–water partition coefficient (Wildman–Crippen LogP) is 4.22. The molecule has 0 aliphatic rings. The summed E-state index contributed by atoms with van der Waals surface area (Å²) in [4.78, 5) is 12.5. The molecule has 0 heterocycles. The standard InChI is InChI=1S/C24H26N2O4S/c1-17-4-11-22(12-5-17)31(28,29)26-21-9-7-20(8-10-21)24(27)25-14-15-30-23-13-6-18(2)16-19(23)3/h4-13,16,26H,14-15H2,1-3H3,(H,25,27). The van der Waals surface area contributed by atoms with Crippen molar-refractivity contribution in [2.45, 2.75) is 25.7 Å². The first kappa shape index (κ1) is 22.4. The van der Waals surface area contributed by atoms with Crippen LogP contribution in [0.5, 0.6) is 5.75 Å². The normalized spacial score (nSPS) is 11.1. The summed E-state index contributed by atoms with van der Waals surface area (Å²) in [6.07, 6.45) is 0. The molecule has 6 nitrogen and oxygen atoms in total. The first-order valence-electron chi connectivity index (χ1n) is 9.92. The van der Waals surface area contributed by atoms with Gasteiger partial charge in [-0.1, -0.05) is 35.4 Å². The van der Waals surface area contributed by atoms with Gasteiger partial charge in [0.05, 0.1) is 11.4 Å². The van der Waals surface area contributed by atoms with Gasteiger partial charge in [0.1, 0.15) is 12.4 Å². The molecule has 2 N–H and O–H groups in total. The van der Waals surface area contributed by atoms with Crippen LogP contribution in [0.1, 0.15) is 27.0 Å². The van der Waals surface area contributed by atoms with E-state index in [9.17, 15) is 13.2 Å². The van der Waals surface area contributed by atoms with E-state index < -0.39 is 10.0 Å². The molecule has 0 unspecified atom stereocenters. The van der Waals surface area contributed by atoms with E-state index in [2.05, 4.69) is 10.0 Å². The van der Waals surface area contributed by atoms with Crippen molar-refractivity contribution in [2.24, 2.45) is 0 Å². The van der Waals surface area contributed by atoms with E-state index in [0.717, 1.165) is 16.9 Å². The summed E-state index contributed by atoms with van der Waals surface area (Å²) in [5.41, 5.74) is 4.02. The zero-order valence-electron chi connectivity index (χ0n) is 17.8. The molecule has 0 saturated heterocycles. The number of carbonyl (C=O) groups is 1. The van der Waals surface area contributed by atoms with Crippen molar-refractivity contribution in [1.29, 1.82) is 0 Å². The zero-order chi connectivity index (χ0) is 22.4. The van der Waals surface area contributed by atoms with Gasteiger partial charge in [0.2, 0.25) is 0 Å². The Hall–Kier alpha value is -3.32. The zero-order valence-corrected chi connectivity index (χ0v) is 18.6. The van der Waals surface area contributed by atoms with Crippen molar-refractivity contribution < 1.29 is 17.9 Å². The molecule has 0 aromatic heterocycles. The molecule has 0 spiro atoms. The minimum absolute atomic E-state index is 0.184. The van der Waals surface area contributed by atoms with Crippen LogP contribution < -0.4 is 14.8 Å². The summed E-state index contributed by atoms with van der Waals surface area (Å²) in [5, 5.41) is 2.80. The second kappa shape index (κ2) is 9.66. The quantitative estimate of drug-likeness (QED) is 0.516. The molecule has 0 atom stereocenters. The Labute approximate surface area is 183 Å². The Balaban J connectivity index is 1.52. The van der Waals surface area contributed by atoms with Crippen LogP contribution in [-0.2, 0) is 10.0 Å². The van der Waals surface area contributed by atoms with Crippen LogP contribution in [0, 0.1) is 20.8 Å². The monoisotopic (exact) mass is 438 g/mol. The number of benzene rings is 3. The van der Waals surface area contributed by atoms with Crippen LogP contribution in [-0.4, -0.2) is 27.5 Å². The highest BCUT2D eigenvalue weighted by Gasteiger charge is 2.14. The summed E-state index contributed by atoms with van der Waals surface area (Å²) in [6, 6.07) is 18.8. The molecular weight excluding hydrogens is 412 g/mol. The molecule has 3 aromatic carbocycles. The molecule has 162 valence electrons. The highest BCUT2D eigenvalue weighted by Crippen LogP contribution is 2.19. The van der Waals surface area contributed by atoms with Crippen molar-refractivity contribution >= 4 is 21.6 Å². The smallest absolute Gasteiger partial charge is 0.261 e. The van der Waals surface area contributed by atoms with Gasteiger partial charge in [0.15, 0.2) is 0 Å². The Morgan fingerprint density at radius 3 is 2.16 bits per heavy atom. The minimum Gasteiger partial charge on any atom is -0.491 e. The maximum absolute atomic E-state index is 12.5. The number of anilines is 1. The van der Waals surface area contributed by atoms with Gasteiger partial charge in [-0.2, -0.15) is 0 Å². The van der Waals surface area contributed by atoms with Crippen molar-refractivity contribution in [1.82, 2.24) is 5.32 Å². The number of carbonyl (C=O) groups excluding carboxylic acids is 1. The van der Waals surface area contributed by atoms with Crippen LogP contribution in [0.2, 0.25) is 0 Å². The maximum atomic E-state index is 12.5. The molecule has 3 rings (SSSR count). The Morgan fingerprint density at radius 1 is 0.871 bits per heavy atom. The van der Waals surface area contributed by atoms with E-state index in [-0.39, 0.29) is 10.8 Å². The number of aryl methyl sites for hydroxylation is 3. The molecule has 0 bridgehead atoms. The summed E-state index contributed by atoms with van der Waals surface area (Å²) < 4.78 is 33.2. The van der Waals surface area contributed by atoms with Gasteiger partial charge < -0.3 is 10.1 Å². The number of ether oxygens (including phenoxy) is 1. The van der Waals surface area contributed by atoms with Crippen LogP contribution in [0.4, 0.5) is 5.69 Å². The van der Waals surface area contributed by atoms with E-state index in [4.69, 9.17) is 4.74 Å². The first-order chi connectivity index (χ1) is 14.7. The SMILES string of the molecule is Cc1ccc(S(=O)(=O)Nc2ccc(C(=O)NCCOc3ccc(C)cc3C)cc2)cc1. The minimum atomic E-state index is -3.68. The van der Waals surface area contributed by atoms with Crippen molar-refractivity contribution in [3.05, 3.63) is 89.0 Å². The summed E-state index contributed by atoms with van der Waals surface area (Å²) >= 11 is 0. The van der Waals surface area contributed by atoms with Crippen LogP contribution >= 0.6 is 0 Å². The van der Waals surface area contributed by atoms with Crippen LogP contribution in [0.3, 0.4) is 0 Å². The predicted molar refractivity (Wildman–Crippen MR) is 122 cm³/mol. The van der Waals surface area contributed by atoms with Gasteiger partial charge in [-0.15, -0.1) is 0 Å². The van der Waals surface area contributed by atoms with Crippen LogP contribution in [0.15, 0.2) is 71.6 Å². The molecule has 0 aliphatic heterocycles. The lowest BCUT2D eigenvalue weighted by molar-refractivity contribution is 0.0947. The average molecular weight is 439 g/mol. The third-order valence-electron chi connectivity index (χ3n) is 4.71. The van der Waals surface area contributed by atoms with E-state index in [1.807, 2.05) is 39.0 Å². The molecule has 0 aliphatic carbocycles. The second-order valence-electron chi connectivity index (χ2n) is 7.37. The first-order valence-corrected chi connectivity index (χ1v) is 11.4. The molecule has 31 heavy (non-hydrogen) atoms. The molecule has 0 radical (unpaired) electrons. The Kier molecular flexibility index (Phi) is 6.97. The lowest BCUT2D eigenvalue weighted by Gasteiger charge is -2.11. The fourth-order valence-electron chi connectivity index (χ4n) is 3.01. The third-order valence-corrected chi connectivity index (χ3v) is 6.10. The number of amides is 1. The third kappa shape index (κ3) is 6.08. The summed E-state index contributed by atoms with van der Waals surface area (Å²) in [7, 11) is -3.68. The van der Waals surface area contributed by atoms with E-state index >= 15 is 0 Å². The highest BCUT2D eigenvalue weighted by atomic mass is 32.2. The molecule has 1 amide bonds. The van der Waals surface area contributed by atoms with Gasteiger partial charge in [-0.05, 0) is 68.8 Å². The van der Waals surface area contributed by atoms with Gasteiger partial charge in [0.25, 0.3) is 15.9 Å². The number of sulfonamides is 1. The largest absolute Gasteiger partial charge is 0.491 e. The average Bonchev–Trinajstić information content (AvgIpc) is 2.73. The highest BCUT2D eigenvalue weighted by molar-refractivity contribution is 7.92. The van der Waals surface area contributed by atoms with Crippen LogP contribution in [0.25, 0.3) is 0 Å². The Bertz CT molecular complexity index is 1160. The van der Waals surface area contributed by atoms with Gasteiger partial charge >= 0.3 is 0 Å². The summed E-state index contributed by atoms with van der Waals surface area (Å²) in [5.74, 6) is 0.544. The number of nitrogens with one attached hydrogen (secondary N) is 2. The van der Waals surface area contributed by atoms with E-state index in [0.29, 0.717) is 24.4 Å². The van der Waals surface area contributed by atoms with Gasteiger partial charge in [-0.3, -0.25) is 9.52 Å².